The minimum atomic E-state index is -1.36. The van der Waals surface area contributed by atoms with Gasteiger partial charge in [0.15, 0.2) is 61.2 Å². The van der Waals surface area contributed by atoms with Gasteiger partial charge < -0.3 is 51.6 Å². The summed E-state index contributed by atoms with van der Waals surface area (Å²) in [5, 5.41) is 10.9. The van der Waals surface area contributed by atoms with Crippen LogP contribution in [0.15, 0.2) is 12.7 Å². The molecule has 0 aromatic rings. The summed E-state index contributed by atoms with van der Waals surface area (Å²) in [4.78, 5) is 0. The summed E-state index contributed by atoms with van der Waals surface area (Å²) in [5.41, 5.74) is -5.05. The van der Waals surface area contributed by atoms with Gasteiger partial charge in [0, 0.05) is 37.9 Å². The molecule has 0 aromatic carbocycles. The van der Waals surface area contributed by atoms with Gasteiger partial charge in [-0.2, -0.15) is 0 Å². The summed E-state index contributed by atoms with van der Waals surface area (Å²) in [7, 11) is 5.81. The third-order valence-electron chi connectivity index (χ3n) is 7.43. The standard InChI is InChI=1S/C21H35O16P9/c1-2-3-28-20-17(45-26)15(43-24)12(7(32-20)4-29-38)36-21-18(46-27)16(44-25)11(8(33-21)5-30-39)35-19-13(37-41)10(22)14(42-23)9(34-19)6-31-40/h2,7-22H,1,3-6,38-41H2/t7?,8?,9?,10-,11+,12+,13?,14+,15+,16+,17?,18?,19+,20?,21+/m1/s1. The summed E-state index contributed by atoms with van der Waals surface area (Å²) in [5.74, 6) is 0. The van der Waals surface area contributed by atoms with Gasteiger partial charge in [-0.3, -0.25) is 22.8 Å². The van der Waals surface area contributed by atoms with Gasteiger partial charge in [0.25, 0.3) is 0 Å². The quantitative estimate of drug-likeness (QED) is 0.147. The predicted octanol–water partition coefficient (Wildman–Crippen LogP) is 3.39. The summed E-state index contributed by atoms with van der Waals surface area (Å²) >= 11 is 0. The molecule has 3 saturated heterocycles. The summed E-state index contributed by atoms with van der Waals surface area (Å²) in [6.45, 7) is 3.35. The fraction of sp³-hybridized carbons (Fsp3) is 0.905. The number of hydrogen-bond donors (Lipinski definition) is 1. The smallest absolute Gasteiger partial charge is 0.187 e. The first kappa shape index (κ1) is 41.9. The lowest BCUT2D eigenvalue weighted by atomic mass is 10.00. The molecule has 0 aliphatic carbocycles. The van der Waals surface area contributed by atoms with Crippen LogP contribution in [-0.2, 0) is 69.3 Å². The van der Waals surface area contributed by atoms with Gasteiger partial charge in [-0.25, -0.2) is 0 Å². The van der Waals surface area contributed by atoms with E-state index in [9.17, 15) is 27.9 Å². The Morgan fingerprint density at radius 1 is 0.609 bits per heavy atom. The molecule has 0 saturated carbocycles. The van der Waals surface area contributed by atoms with Crippen LogP contribution < -0.4 is 0 Å². The fourth-order valence-corrected chi connectivity index (χ4v) is 9.80. The van der Waals surface area contributed by atoms with E-state index in [0.29, 0.717) is 0 Å². The Balaban J connectivity index is 1.93. The number of aliphatic hydroxyl groups excluding tert-OH is 1. The van der Waals surface area contributed by atoms with Crippen molar-refractivity contribution in [3.8, 4) is 0 Å². The molecule has 0 spiro atoms. The lowest BCUT2D eigenvalue weighted by Gasteiger charge is -2.48. The average molecular weight is 822 g/mol. The van der Waals surface area contributed by atoms with Crippen molar-refractivity contribution in [2.24, 2.45) is 0 Å². The van der Waals surface area contributed by atoms with Crippen molar-refractivity contribution in [2.45, 2.75) is 89.9 Å². The molecule has 3 aliphatic heterocycles. The Labute approximate surface area is 283 Å². The zero-order valence-electron chi connectivity index (χ0n) is 23.9. The van der Waals surface area contributed by atoms with Crippen molar-refractivity contribution in [2.75, 3.05) is 26.4 Å². The third kappa shape index (κ3) is 10.1. The SMILES string of the molecule is C=CCOC1OC(COP)[C@H](O[C@@H]2OC(COP)[C@H](O[C@@H]3OC(COP)[C@H](P=O)[C@H](O)C3OP)[C@H](P=O)C2P=O)[C@H](P=O)C1P=O. The maximum Gasteiger partial charge on any atom is 0.187 e. The minimum Gasteiger partial charge on any atom is -0.389 e. The topological polar surface area (TPSA) is 198 Å². The second-order valence-electron chi connectivity index (χ2n) is 10.0. The Morgan fingerprint density at radius 2 is 1.04 bits per heavy atom. The number of ether oxygens (including phenoxy) is 6. The highest BCUT2D eigenvalue weighted by Gasteiger charge is 2.56. The first-order valence-electron chi connectivity index (χ1n) is 13.4. The first-order valence-corrected chi connectivity index (χ1v) is 19.7. The van der Waals surface area contributed by atoms with Crippen LogP contribution in [0.4, 0.5) is 0 Å². The molecular formula is C21H35O16P9. The molecule has 260 valence electrons. The zero-order chi connectivity index (χ0) is 33.8. The van der Waals surface area contributed by atoms with Gasteiger partial charge in [0.1, 0.15) is 54.0 Å². The highest BCUT2D eigenvalue weighted by atomic mass is 31.1. The largest absolute Gasteiger partial charge is 0.389 e. The van der Waals surface area contributed by atoms with E-state index in [1.807, 2.05) is 18.9 Å². The fourth-order valence-electron chi connectivity index (χ4n) is 5.32. The molecule has 25 heteroatoms. The predicted molar refractivity (Wildman–Crippen MR) is 176 cm³/mol. The average Bonchev–Trinajstić information content (AvgIpc) is 3.05. The minimum absolute atomic E-state index is 0.0665. The molecule has 3 rings (SSSR count). The molecule has 0 aromatic heterocycles. The maximum atomic E-state index is 12.7. The molecule has 0 radical (unpaired) electrons. The summed E-state index contributed by atoms with van der Waals surface area (Å²) in [6, 6.07) is 0. The molecular weight excluding hydrogens is 787 g/mol. The van der Waals surface area contributed by atoms with Gasteiger partial charge in [0.05, 0.1) is 43.4 Å². The lowest BCUT2D eigenvalue weighted by molar-refractivity contribution is -0.317. The monoisotopic (exact) mass is 822 g/mol. The van der Waals surface area contributed by atoms with E-state index in [0.717, 1.165) is 0 Å². The molecule has 19 atom stereocenters. The molecule has 3 fully saturated rings. The van der Waals surface area contributed by atoms with Crippen molar-refractivity contribution in [3.05, 3.63) is 12.7 Å². The van der Waals surface area contributed by atoms with Gasteiger partial charge >= 0.3 is 0 Å². The second-order valence-corrected chi connectivity index (χ2v) is 15.3. The third-order valence-corrected chi connectivity index (χ3v) is 13.0. The van der Waals surface area contributed by atoms with Crippen LogP contribution in [0.3, 0.4) is 0 Å². The van der Waals surface area contributed by atoms with Gasteiger partial charge in [-0.15, -0.1) is 6.58 Å². The lowest BCUT2D eigenvalue weighted by Crippen LogP contribution is -2.64. The van der Waals surface area contributed by atoms with Crippen LogP contribution in [0.5, 0.6) is 0 Å². The van der Waals surface area contributed by atoms with E-state index in [-0.39, 0.29) is 26.4 Å². The Morgan fingerprint density at radius 3 is 1.50 bits per heavy atom. The summed E-state index contributed by atoms with van der Waals surface area (Å²) < 4.78 is 119. The summed E-state index contributed by atoms with van der Waals surface area (Å²) in [6.07, 6.45) is -9.81. The molecule has 3 aliphatic rings. The Bertz CT molecular complexity index is 1020. The maximum absolute atomic E-state index is 12.7. The molecule has 3 heterocycles. The van der Waals surface area contributed by atoms with Crippen LogP contribution in [0.25, 0.3) is 0 Å². The number of aliphatic hydroxyl groups is 1. The molecule has 46 heavy (non-hydrogen) atoms. The normalized spacial score (nSPS) is 42.2. The van der Waals surface area contributed by atoms with Gasteiger partial charge in [-0.05, 0) is 0 Å². The van der Waals surface area contributed by atoms with Crippen molar-refractivity contribution in [3.63, 3.8) is 0 Å². The van der Waals surface area contributed by atoms with E-state index < -0.39 is 132 Å². The zero-order valence-corrected chi connectivity index (χ0v) is 33.0. The van der Waals surface area contributed by atoms with E-state index in [4.69, 9.17) is 46.5 Å². The molecule has 1 N–H and O–H groups in total. The van der Waals surface area contributed by atoms with E-state index in [1.54, 1.807) is 0 Å². The highest BCUT2D eigenvalue weighted by Crippen LogP contribution is 2.44. The van der Waals surface area contributed by atoms with Crippen molar-refractivity contribution < 1.29 is 74.4 Å². The van der Waals surface area contributed by atoms with Crippen molar-refractivity contribution in [1.29, 1.82) is 0 Å². The van der Waals surface area contributed by atoms with Gasteiger partial charge in [-0.1, -0.05) is 6.08 Å². The van der Waals surface area contributed by atoms with Crippen LogP contribution >= 0.6 is 80.2 Å². The Kier molecular flexibility index (Phi) is 19.9. The van der Waals surface area contributed by atoms with Crippen molar-refractivity contribution in [1.82, 2.24) is 0 Å². The number of rotatable bonds is 19. The van der Waals surface area contributed by atoms with E-state index in [2.05, 4.69) is 25.5 Å². The van der Waals surface area contributed by atoms with Crippen LogP contribution in [-0.4, -0.2) is 121 Å². The van der Waals surface area contributed by atoms with E-state index in [1.165, 1.54) is 6.08 Å². The number of hydrogen-bond acceptors (Lipinski definition) is 16. The molecule has 0 bridgehead atoms. The van der Waals surface area contributed by atoms with Crippen molar-refractivity contribution >= 4 is 80.2 Å². The Hall–Kier alpha value is 1.52. The van der Waals surface area contributed by atoms with Crippen LogP contribution in [0.1, 0.15) is 0 Å². The van der Waals surface area contributed by atoms with E-state index >= 15 is 0 Å². The van der Waals surface area contributed by atoms with Crippen LogP contribution in [0, 0.1) is 0 Å². The molecule has 11 unspecified atom stereocenters. The molecule has 16 nitrogen and oxygen atoms in total. The molecule has 0 amide bonds. The van der Waals surface area contributed by atoms with Crippen LogP contribution in [0.2, 0.25) is 0 Å². The second kappa shape index (κ2) is 21.8. The van der Waals surface area contributed by atoms with Gasteiger partial charge in [0.2, 0.25) is 0 Å². The highest BCUT2D eigenvalue weighted by molar-refractivity contribution is 7.30. The first-order chi connectivity index (χ1) is 22.3.